The maximum absolute atomic E-state index is 12.7. The van der Waals surface area contributed by atoms with E-state index in [-0.39, 0.29) is 12.0 Å². The third-order valence-electron chi connectivity index (χ3n) is 4.92. The Labute approximate surface area is 146 Å². The summed E-state index contributed by atoms with van der Waals surface area (Å²) in [6.07, 6.45) is 3.73. The highest BCUT2D eigenvalue weighted by Gasteiger charge is 2.27. The van der Waals surface area contributed by atoms with Crippen molar-refractivity contribution < 1.29 is 9.53 Å². The highest BCUT2D eigenvalue weighted by molar-refractivity contribution is 5.96. The van der Waals surface area contributed by atoms with Gasteiger partial charge in [0.25, 0.3) is 5.91 Å². The highest BCUT2D eigenvalue weighted by Crippen LogP contribution is 2.28. The Hall–Kier alpha value is -2.76. The van der Waals surface area contributed by atoms with Crippen LogP contribution in [0.1, 0.15) is 34.6 Å². The molecule has 0 radical (unpaired) electrons. The van der Waals surface area contributed by atoms with Gasteiger partial charge in [0, 0.05) is 48.7 Å². The molecule has 0 atom stereocenters. The molecule has 2 aromatic heterocycles. The standard InChI is InChI=1S/C19H22N4O2/c1-12-18(13(2)22-21-12)19(24)23-10-7-14(8-11-23)25-17-5-3-4-16-15(17)6-9-20-16/h3-6,9,14,20H,7-8,10-11H2,1-2H3,(H,21,22). The van der Waals surface area contributed by atoms with Crippen molar-refractivity contribution in [3.63, 3.8) is 0 Å². The van der Waals surface area contributed by atoms with Crippen LogP contribution in [0.4, 0.5) is 0 Å². The van der Waals surface area contributed by atoms with Gasteiger partial charge in [-0.2, -0.15) is 5.10 Å². The lowest BCUT2D eigenvalue weighted by molar-refractivity contribution is 0.0597. The lowest BCUT2D eigenvalue weighted by Crippen LogP contribution is -2.42. The third-order valence-corrected chi connectivity index (χ3v) is 4.92. The minimum atomic E-state index is 0.0648. The Morgan fingerprint density at radius 1 is 1.24 bits per heavy atom. The molecule has 0 saturated carbocycles. The highest BCUT2D eigenvalue weighted by atomic mass is 16.5. The molecule has 2 N–H and O–H groups in total. The van der Waals surface area contributed by atoms with Crippen molar-refractivity contribution >= 4 is 16.8 Å². The summed E-state index contributed by atoms with van der Waals surface area (Å²) in [5, 5.41) is 8.12. The number of carbonyl (C=O) groups excluding carboxylic acids is 1. The van der Waals surface area contributed by atoms with Crippen LogP contribution in [0.15, 0.2) is 30.5 Å². The van der Waals surface area contributed by atoms with Crippen molar-refractivity contribution in [2.24, 2.45) is 0 Å². The van der Waals surface area contributed by atoms with E-state index >= 15 is 0 Å². The van der Waals surface area contributed by atoms with E-state index in [2.05, 4.69) is 15.2 Å². The number of piperidine rings is 1. The SMILES string of the molecule is Cc1n[nH]c(C)c1C(=O)N1CCC(Oc2cccc3[nH]ccc23)CC1. The van der Waals surface area contributed by atoms with Crippen molar-refractivity contribution in [1.82, 2.24) is 20.1 Å². The summed E-state index contributed by atoms with van der Waals surface area (Å²) >= 11 is 0. The Morgan fingerprint density at radius 2 is 2.04 bits per heavy atom. The number of likely N-dealkylation sites (tertiary alicyclic amines) is 1. The number of amides is 1. The molecule has 130 valence electrons. The van der Waals surface area contributed by atoms with Gasteiger partial charge in [0.2, 0.25) is 0 Å². The molecular formula is C19H22N4O2. The van der Waals surface area contributed by atoms with Crippen LogP contribution in [0.25, 0.3) is 10.9 Å². The molecule has 1 amide bonds. The molecule has 25 heavy (non-hydrogen) atoms. The molecule has 0 spiro atoms. The van der Waals surface area contributed by atoms with E-state index in [1.54, 1.807) is 0 Å². The number of rotatable bonds is 3. The number of ether oxygens (including phenoxy) is 1. The number of benzene rings is 1. The number of nitrogens with zero attached hydrogens (tertiary/aromatic N) is 2. The maximum atomic E-state index is 12.7. The van der Waals surface area contributed by atoms with Crippen LogP contribution >= 0.6 is 0 Å². The fourth-order valence-electron chi connectivity index (χ4n) is 3.54. The van der Waals surface area contributed by atoms with Gasteiger partial charge in [-0.15, -0.1) is 0 Å². The Kier molecular flexibility index (Phi) is 3.95. The summed E-state index contributed by atoms with van der Waals surface area (Å²) in [7, 11) is 0. The average molecular weight is 338 g/mol. The van der Waals surface area contributed by atoms with Crippen LogP contribution in [-0.4, -0.2) is 45.2 Å². The molecule has 1 aliphatic heterocycles. The van der Waals surface area contributed by atoms with Crippen molar-refractivity contribution in [3.05, 3.63) is 47.4 Å². The molecule has 0 aliphatic carbocycles. The van der Waals surface area contributed by atoms with Gasteiger partial charge in [-0.3, -0.25) is 9.89 Å². The monoisotopic (exact) mass is 338 g/mol. The smallest absolute Gasteiger partial charge is 0.257 e. The molecule has 1 aromatic carbocycles. The number of aromatic amines is 2. The van der Waals surface area contributed by atoms with Crippen LogP contribution in [0.3, 0.4) is 0 Å². The minimum absolute atomic E-state index is 0.0648. The Balaban J connectivity index is 1.42. The normalized spacial score (nSPS) is 15.7. The van der Waals surface area contributed by atoms with Gasteiger partial charge in [-0.25, -0.2) is 0 Å². The predicted octanol–water partition coefficient (Wildman–Crippen LogP) is 3.19. The second-order valence-corrected chi connectivity index (χ2v) is 6.61. The van der Waals surface area contributed by atoms with Crippen LogP contribution in [-0.2, 0) is 0 Å². The van der Waals surface area contributed by atoms with E-state index in [0.29, 0.717) is 18.7 Å². The zero-order valence-corrected chi connectivity index (χ0v) is 14.5. The van der Waals surface area contributed by atoms with Gasteiger partial charge < -0.3 is 14.6 Å². The number of H-pyrrole nitrogens is 2. The lowest BCUT2D eigenvalue weighted by Gasteiger charge is -2.32. The van der Waals surface area contributed by atoms with Crippen molar-refractivity contribution in [2.45, 2.75) is 32.8 Å². The molecule has 0 unspecified atom stereocenters. The molecule has 3 aromatic rings. The van der Waals surface area contributed by atoms with E-state index in [4.69, 9.17) is 4.74 Å². The third kappa shape index (κ3) is 2.88. The molecule has 4 rings (SSSR count). The van der Waals surface area contributed by atoms with E-state index < -0.39 is 0 Å². The molecular weight excluding hydrogens is 316 g/mol. The average Bonchev–Trinajstić information content (AvgIpc) is 3.22. The maximum Gasteiger partial charge on any atom is 0.257 e. The summed E-state index contributed by atoms with van der Waals surface area (Å²) < 4.78 is 6.22. The Bertz CT molecular complexity index is 884. The lowest BCUT2D eigenvalue weighted by atomic mass is 10.1. The first kappa shape index (κ1) is 15.7. The van der Waals surface area contributed by atoms with E-state index in [1.807, 2.05) is 49.2 Å². The molecule has 6 nitrogen and oxygen atoms in total. The summed E-state index contributed by atoms with van der Waals surface area (Å²) in [6.45, 7) is 5.16. The summed E-state index contributed by atoms with van der Waals surface area (Å²) in [5.41, 5.74) is 3.38. The number of aromatic nitrogens is 3. The second-order valence-electron chi connectivity index (χ2n) is 6.61. The van der Waals surface area contributed by atoms with Crippen LogP contribution < -0.4 is 4.74 Å². The van der Waals surface area contributed by atoms with Crippen molar-refractivity contribution in [1.29, 1.82) is 0 Å². The van der Waals surface area contributed by atoms with Gasteiger partial charge in [-0.1, -0.05) is 6.07 Å². The summed E-state index contributed by atoms with van der Waals surface area (Å²) in [5.74, 6) is 0.972. The summed E-state index contributed by atoms with van der Waals surface area (Å²) in [6, 6.07) is 8.08. The number of hydrogen-bond donors (Lipinski definition) is 2. The first-order chi connectivity index (χ1) is 12.1. The first-order valence-electron chi connectivity index (χ1n) is 8.67. The zero-order valence-electron chi connectivity index (χ0n) is 14.5. The van der Waals surface area contributed by atoms with Gasteiger partial charge in [0.1, 0.15) is 11.9 Å². The first-order valence-corrected chi connectivity index (χ1v) is 8.67. The van der Waals surface area contributed by atoms with Crippen LogP contribution in [0.2, 0.25) is 0 Å². The van der Waals surface area contributed by atoms with Crippen molar-refractivity contribution in [3.8, 4) is 5.75 Å². The molecule has 1 fully saturated rings. The quantitative estimate of drug-likeness (QED) is 0.770. The number of aryl methyl sites for hydroxylation is 2. The van der Waals surface area contributed by atoms with Crippen molar-refractivity contribution in [2.75, 3.05) is 13.1 Å². The molecule has 1 saturated heterocycles. The summed E-state index contributed by atoms with van der Waals surface area (Å²) in [4.78, 5) is 17.8. The van der Waals surface area contributed by atoms with E-state index in [1.165, 1.54) is 0 Å². The van der Waals surface area contributed by atoms with Crippen LogP contribution in [0.5, 0.6) is 5.75 Å². The van der Waals surface area contributed by atoms with Gasteiger partial charge in [-0.05, 0) is 32.0 Å². The van der Waals surface area contributed by atoms with Gasteiger partial charge in [0.05, 0.1) is 11.3 Å². The fourth-order valence-corrected chi connectivity index (χ4v) is 3.54. The zero-order chi connectivity index (χ0) is 17.4. The Morgan fingerprint density at radius 3 is 2.76 bits per heavy atom. The number of fused-ring (bicyclic) bond motifs is 1. The fraction of sp³-hybridized carbons (Fsp3) is 0.368. The minimum Gasteiger partial charge on any atom is -0.490 e. The number of nitrogens with one attached hydrogen (secondary N) is 2. The predicted molar refractivity (Wildman–Crippen MR) is 95.9 cm³/mol. The molecule has 0 bridgehead atoms. The van der Waals surface area contributed by atoms with Gasteiger partial charge in [0.15, 0.2) is 0 Å². The van der Waals surface area contributed by atoms with Gasteiger partial charge >= 0.3 is 0 Å². The van der Waals surface area contributed by atoms with Crippen LogP contribution in [0, 0.1) is 13.8 Å². The topological polar surface area (TPSA) is 74.0 Å². The number of hydrogen-bond acceptors (Lipinski definition) is 3. The van der Waals surface area contributed by atoms with E-state index in [0.717, 1.165) is 40.9 Å². The molecule has 1 aliphatic rings. The second kappa shape index (κ2) is 6.27. The molecule has 3 heterocycles. The number of carbonyl (C=O) groups is 1. The molecule has 6 heteroatoms. The largest absolute Gasteiger partial charge is 0.490 e. The van der Waals surface area contributed by atoms with E-state index in [9.17, 15) is 4.79 Å².